The highest BCUT2D eigenvalue weighted by atomic mass is 16.5. The molecule has 4 aromatic rings. The van der Waals surface area contributed by atoms with Gasteiger partial charge in [0, 0.05) is 47.3 Å². The maximum absolute atomic E-state index is 12.6. The molecule has 8 nitrogen and oxygen atoms in total. The Morgan fingerprint density at radius 2 is 0.450 bits per heavy atom. The Kier molecular flexibility index (Phi) is 17.7. The molecule has 12 aliphatic rings. The van der Waals surface area contributed by atoms with Gasteiger partial charge < -0.3 is 18.9 Å². The molecule has 0 saturated heterocycles. The number of hydrogen-bond acceptors (Lipinski definition) is 8. The van der Waals surface area contributed by atoms with Crippen LogP contribution in [0.5, 0.6) is 23.0 Å². The maximum atomic E-state index is 12.6. The molecule has 8 saturated carbocycles. The van der Waals surface area contributed by atoms with Crippen LogP contribution >= 0.6 is 0 Å². The average molecular weight is 1360 g/mol. The van der Waals surface area contributed by atoms with Crippen LogP contribution in [0, 0.1) is 118 Å². The van der Waals surface area contributed by atoms with Crippen LogP contribution in [-0.2, 0) is 66.5 Å². The van der Waals surface area contributed by atoms with Crippen molar-refractivity contribution in [2.24, 2.45) is 90.7 Å². The highest BCUT2D eigenvalue weighted by Gasteiger charge is 2.68. The SMILES string of the molecule is COc1cc(C)c2c(c1)C[C@@H]1[C@@]3(C)CCC(=O)C(C)(C)[C@@H]3CC[C@@]21C.COc1cc(C)c2c(c1)C[C@@H]1[C@@]3(C)CCC(=O)C(C)(C)[C@@H]3CC[C@@]21C.COc1cc(C)c2c(c1)C[C@H]1[C@]3(C)CCC(=O)C(C)(C)[C@H]3CC[C@]21C.COc1cc(C)c2c(c1)C[C@H]1[C@]3(C)CCC(=O)C(C)(C)[C@H]3CC[C@]21C. The largest absolute Gasteiger partial charge is 0.497 e. The fourth-order valence-corrected chi connectivity index (χ4v) is 29.0. The molecule has 16 rings (SSSR count). The number of carbonyl (C=O) groups is 4. The van der Waals surface area contributed by atoms with Crippen molar-refractivity contribution in [1.29, 1.82) is 0 Å². The molecule has 0 radical (unpaired) electrons. The van der Waals surface area contributed by atoms with Crippen molar-refractivity contribution in [1.82, 2.24) is 0 Å². The van der Waals surface area contributed by atoms with Gasteiger partial charge in [0.05, 0.1) is 28.4 Å². The van der Waals surface area contributed by atoms with Crippen LogP contribution in [0.4, 0.5) is 0 Å². The number of fused-ring (bicyclic) bond motifs is 20. The summed E-state index contributed by atoms with van der Waals surface area (Å²) in [7, 11) is 7.05. The van der Waals surface area contributed by atoms with E-state index < -0.39 is 0 Å². The van der Waals surface area contributed by atoms with E-state index in [2.05, 4.69) is 187 Å². The molecule has 544 valence electrons. The van der Waals surface area contributed by atoms with Crippen molar-refractivity contribution in [2.75, 3.05) is 28.4 Å². The van der Waals surface area contributed by atoms with Gasteiger partial charge in [-0.1, -0.05) is 111 Å². The maximum Gasteiger partial charge on any atom is 0.138 e. The molecule has 8 fully saturated rings. The van der Waals surface area contributed by atoms with Gasteiger partial charge in [-0.2, -0.15) is 0 Å². The molecule has 0 amide bonds. The summed E-state index contributed by atoms with van der Waals surface area (Å²) >= 11 is 0. The minimum Gasteiger partial charge on any atom is -0.497 e. The molecular weight excluding hydrogens is 1230 g/mol. The molecule has 16 atom stereocenters. The number of Topliss-reactive ketones (excluding diaryl/α,β-unsaturated/α-hetero) is 4. The highest BCUT2D eigenvalue weighted by molar-refractivity contribution is 5.87. The zero-order chi connectivity index (χ0) is 72.8. The third-order valence-corrected chi connectivity index (χ3v) is 33.7. The molecule has 100 heavy (non-hydrogen) atoms. The Balaban J connectivity index is 0.000000119. The summed E-state index contributed by atoms with van der Waals surface area (Å²) in [5.74, 6) is 10.4. The lowest BCUT2D eigenvalue weighted by Gasteiger charge is -2.60. The first-order valence-electron chi connectivity index (χ1n) is 39.4. The van der Waals surface area contributed by atoms with Crippen molar-refractivity contribution in [3.63, 3.8) is 0 Å². The van der Waals surface area contributed by atoms with Crippen LogP contribution in [-0.4, -0.2) is 51.6 Å². The number of carbonyl (C=O) groups excluding carboxylic acids is 4. The van der Waals surface area contributed by atoms with Gasteiger partial charge in [0.25, 0.3) is 0 Å². The second-order valence-corrected chi connectivity index (χ2v) is 39.6. The lowest BCUT2D eigenvalue weighted by molar-refractivity contribution is -0.152. The predicted octanol–water partition coefficient (Wildman–Crippen LogP) is 21.0. The van der Waals surface area contributed by atoms with Crippen molar-refractivity contribution < 1.29 is 38.1 Å². The van der Waals surface area contributed by atoms with E-state index in [0.717, 1.165) is 100 Å². The van der Waals surface area contributed by atoms with Crippen LogP contribution in [0.2, 0.25) is 0 Å². The number of methoxy groups -OCH3 is 4. The van der Waals surface area contributed by atoms with Crippen LogP contribution in [0.1, 0.15) is 280 Å². The van der Waals surface area contributed by atoms with E-state index in [4.69, 9.17) is 18.9 Å². The summed E-state index contributed by atoms with van der Waals surface area (Å²) in [5.41, 5.74) is 19.1. The van der Waals surface area contributed by atoms with Crippen LogP contribution < -0.4 is 18.9 Å². The lowest BCUT2D eigenvalue weighted by atomic mass is 9.43. The Bertz CT molecular complexity index is 3500. The van der Waals surface area contributed by atoms with Crippen LogP contribution in [0.25, 0.3) is 0 Å². The van der Waals surface area contributed by atoms with Crippen molar-refractivity contribution in [2.45, 2.75) is 289 Å². The molecule has 8 heteroatoms. The number of ether oxygens (including phenoxy) is 4. The Labute approximate surface area is 603 Å². The van der Waals surface area contributed by atoms with E-state index in [1.54, 1.807) is 50.7 Å². The standard InChI is InChI=1S/4C23H32O2/c4*1-14-11-16(25-6)12-15-13-18-22(4)10-8-19(24)21(2,3)17(22)7-9-23(18,5)20(14)15/h4*11-12,17-18H,7-10,13H2,1-6H3/t4*17-,18+,22-,23+/m1100/s1. The smallest absolute Gasteiger partial charge is 0.138 e. The van der Waals surface area contributed by atoms with E-state index in [0.29, 0.717) is 70.5 Å². The third-order valence-electron chi connectivity index (χ3n) is 33.7. The van der Waals surface area contributed by atoms with Gasteiger partial charge in [-0.3, -0.25) is 19.2 Å². The number of aryl methyl sites for hydroxylation is 4. The summed E-state index contributed by atoms with van der Waals surface area (Å²) in [5, 5.41) is 0. The summed E-state index contributed by atoms with van der Waals surface area (Å²) in [6.45, 7) is 46.6. The Hall–Kier alpha value is -5.24. The number of ketones is 4. The molecule has 4 aromatic carbocycles. The molecular formula is C92H128O8. The second-order valence-electron chi connectivity index (χ2n) is 39.6. The molecule has 12 aliphatic carbocycles. The quantitative estimate of drug-likeness (QED) is 0.199. The van der Waals surface area contributed by atoms with Gasteiger partial charge >= 0.3 is 0 Å². The first-order chi connectivity index (χ1) is 46.6. The molecule has 0 aromatic heterocycles. The zero-order valence-corrected chi connectivity index (χ0v) is 66.6. The Morgan fingerprint density at radius 3 is 0.620 bits per heavy atom. The van der Waals surface area contributed by atoms with Crippen molar-refractivity contribution >= 4 is 23.1 Å². The zero-order valence-electron chi connectivity index (χ0n) is 66.6. The first-order valence-corrected chi connectivity index (χ1v) is 39.4. The molecule has 0 aliphatic heterocycles. The van der Waals surface area contributed by atoms with Crippen molar-refractivity contribution in [3.05, 3.63) is 115 Å². The van der Waals surface area contributed by atoms with E-state index in [9.17, 15) is 19.2 Å². The summed E-state index contributed by atoms with van der Waals surface area (Å²) < 4.78 is 22.2. The fraction of sp³-hybridized carbons (Fsp3) is 0.696. The molecule has 0 N–H and O–H groups in total. The number of rotatable bonds is 4. The fourth-order valence-electron chi connectivity index (χ4n) is 29.0. The minimum atomic E-state index is -0.171. The minimum absolute atomic E-state index is 0.171. The van der Waals surface area contributed by atoms with Crippen molar-refractivity contribution in [3.8, 4) is 23.0 Å². The van der Waals surface area contributed by atoms with Gasteiger partial charge in [-0.25, -0.2) is 0 Å². The summed E-state index contributed by atoms with van der Waals surface area (Å²) in [6.07, 6.45) is 21.3. The second kappa shape index (κ2) is 24.2. The van der Waals surface area contributed by atoms with E-state index >= 15 is 0 Å². The topological polar surface area (TPSA) is 105 Å². The number of hydrogen-bond donors (Lipinski definition) is 0. The van der Waals surface area contributed by atoms with E-state index in [1.807, 2.05) is 0 Å². The van der Waals surface area contributed by atoms with Gasteiger partial charge in [-0.05, 0) is 336 Å². The van der Waals surface area contributed by atoms with E-state index in [1.165, 1.54) is 95.9 Å². The predicted molar refractivity (Wildman–Crippen MR) is 405 cm³/mol. The summed E-state index contributed by atoms with van der Waals surface area (Å²) in [6, 6.07) is 17.9. The molecule has 0 spiro atoms. The monoisotopic (exact) mass is 1360 g/mol. The van der Waals surface area contributed by atoms with Gasteiger partial charge in [0.15, 0.2) is 0 Å². The average Bonchev–Trinajstić information content (AvgIpc) is 1.50. The van der Waals surface area contributed by atoms with E-state index in [-0.39, 0.29) is 65.0 Å². The summed E-state index contributed by atoms with van der Waals surface area (Å²) in [4.78, 5) is 50.5. The molecule has 0 unspecified atom stereocenters. The van der Waals surface area contributed by atoms with Crippen LogP contribution in [0.3, 0.4) is 0 Å². The molecule has 0 bridgehead atoms. The Morgan fingerprint density at radius 1 is 0.270 bits per heavy atom. The first kappa shape index (κ1) is 73.1. The van der Waals surface area contributed by atoms with Gasteiger partial charge in [0.2, 0.25) is 0 Å². The lowest BCUT2D eigenvalue weighted by Crippen LogP contribution is -2.57. The van der Waals surface area contributed by atoms with Gasteiger partial charge in [0.1, 0.15) is 46.1 Å². The molecule has 0 heterocycles. The normalized spacial score (nSPS) is 38.7. The van der Waals surface area contributed by atoms with Gasteiger partial charge in [-0.15, -0.1) is 0 Å². The third kappa shape index (κ3) is 10.3. The highest BCUT2D eigenvalue weighted by Crippen LogP contribution is 2.72. The van der Waals surface area contributed by atoms with Crippen LogP contribution in [0.15, 0.2) is 48.5 Å². The number of benzene rings is 4.